The lowest BCUT2D eigenvalue weighted by Gasteiger charge is -2.15. The number of ether oxygens (including phenoxy) is 1. The summed E-state index contributed by atoms with van der Waals surface area (Å²) in [4.78, 5) is 43.6. The lowest BCUT2D eigenvalue weighted by molar-refractivity contribution is 0.0599. The number of benzene rings is 1. The van der Waals surface area contributed by atoms with E-state index in [0.29, 0.717) is 5.56 Å². The summed E-state index contributed by atoms with van der Waals surface area (Å²) in [6.45, 7) is 1.73. The Hall–Kier alpha value is -4.15. The fourth-order valence-corrected chi connectivity index (χ4v) is 2.79. The molecule has 0 fully saturated rings. The third-order valence-electron chi connectivity index (χ3n) is 4.28. The molecular formula is C18H18N6O5. The zero-order valence-electron chi connectivity index (χ0n) is 15.5. The third-order valence-corrected chi connectivity index (χ3v) is 4.28. The van der Waals surface area contributed by atoms with Crippen LogP contribution in [0.4, 0.5) is 11.8 Å². The van der Waals surface area contributed by atoms with Crippen LogP contribution in [0.2, 0.25) is 0 Å². The number of fused-ring (bicyclic) bond motifs is 1. The molecule has 1 aromatic carbocycles. The van der Waals surface area contributed by atoms with E-state index in [1.807, 2.05) is 0 Å². The van der Waals surface area contributed by atoms with Crippen molar-refractivity contribution in [2.75, 3.05) is 18.6 Å². The maximum Gasteiger partial charge on any atom is 0.353 e. The summed E-state index contributed by atoms with van der Waals surface area (Å²) in [6, 6.07) is 7.14. The number of nitrogens with one attached hydrogen (secondary N) is 1. The van der Waals surface area contributed by atoms with Gasteiger partial charge in [-0.15, -0.1) is 0 Å². The van der Waals surface area contributed by atoms with E-state index in [2.05, 4.69) is 20.0 Å². The molecule has 150 valence electrons. The Morgan fingerprint density at radius 3 is 2.41 bits per heavy atom. The molecule has 0 aliphatic rings. The number of carboxylic acids is 1. The van der Waals surface area contributed by atoms with Crippen LogP contribution in [0.3, 0.4) is 0 Å². The highest BCUT2D eigenvalue weighted by atomic mass is 16.5. The van der Waals surface area contributed by atoms with E-state index in [-0.39, 0.29) is 28.8 Å². The van der Waals surface area contributed by atoms with Gasteiger partial charge in [-0.25, -0.2) is 14.6 Å². The average molecular weight is 398 g/mol. The largest absolute Gasteiger partial charge is 0.477 e. The van der Waals surface area contributed by atoms with Crippen LogP contribution in [-0.2, 0) is 4.74 Å². The maximum atomic E-state index is 12.6. The zero-order chi connectivity index (χ0) is 21.3. The normalized spacial score (nSPS) is 11.8. The molecule has 0 spiro atoms. The molecule has 0 unspecified atom stereocenters. The van der Waals surface area contributed by atoms with Gasteiger partial charge in [0.1, 0.15) is 11.4 Å². The van der Waals surface area contributed by atoms with Gasteiger partial charge in [0.25, 0.3) is 5.91 Å². The van der Waals surface area contributed by atoms with E-state index < -0.39 is 23.9 Å². The molecule has 3 aromatic rings. The highest BCUT2D eigenvalue weighted by Gasteiger charge is 2.21. The van der Waals surface area contributed by atoms with Crippen LogP contribution in [0.25, 0.3) is 5.65 Å². The van der Waals surface area contributed by atoms with Crippen molar-refractivity contribution in [2.24, 2.45) is 0 Å². The van der Waals surface area contributed by atoms with Gasteiger partial charge in [-0.3, -0.25) is 9.20 Å². The van der Waals surface area contributed by atoms with Crippen LogP contribution in [0.1, 0.15) is 49.9 Å². The van der Waals surface area contributed by atoms with Crippen LogP contribution in [-0.4, -0.2) is 44.4 Å². The number of imidazole rings is 1. The van der Waals surface area contributed by atoms with Gasteiger partial charge in [-0.05, 0) is 24.6 Å². The molecular weight excluding hydrogens is 380 g/mol. The lowest BCUT2D eigenvalue weighted by Crippen LogP contribution is -2.28. The smallest absolute Gasteiger partial charge is 0.353 e. The molecule has 1 atom stereocenters. The molecule has 0 bridgehead atoms. The second-order valence-electron chi connectivity index (χ2n) is 6.15. The number of anilines is 2. The van der Waals surface area contributed by atoms with Crippen molar-refractivity contribution in [3.05, 3.63) is 52.8 Å². The summed E-state index contributed by atoms with van der Waals surface area (Å²) in [5.41, 5.74) is 12.0. The number of aromatic carboxylic acids is 1. The Bertz CT molecular complexity index is 1120. The van der Waals surface area contributed by atoms with Gasteiger partial charge in [-0.2, -0.15) is 4.98 Å². The Labute approximate surface area is 164 Å². The van der Waals surface area contributed by atoms with Crippen LogP contribution >= 0.6 is 0 Å². The topological polar surface area (TPSA) is 175 Å². The number of methoxy groups -OCH3 is 1. The van der Waals surface area contributed by atoms with E-state index in [9.17, 15) is 19.5 Å². The molecule has 11 nitrogen and oxygen atoms in total. The Morgan fingerprint density at radius 2 is 1.83 bits per heavy atom. The number of aromatic nitrogens is 3. The Kier molecular flexibility index (Phi) is 5.05. The van der Waals surface area contributed by atoms with Crippen molar-refractivity contribution in [1.82, 2.24) is 19.7 Å². The van der Waals surface area contributed by atoms with Gasteiger partial charge in [0.15, 0.2) is 11.5 Å². The van der Waals surface area contributed by atoms with Crippen molar-refractivity contribution in [1.29, 1.82) is 0 Å². The summed E-state index contributed by atoms with van der Waals surface area (Å²) >= 11 is 0. The summed E-state index contributed by atoms with van der Waals surface area (Å²) in [5, 5.41) is 12.2. The molecule has 3 rings (SSSR count). The first-order chi connectivity index (χ1) is 13.7. The first-order valence-electron chi connectivity index (χ1n) is 8.39. The highest BCUT2D eigenvalue weighted by Crippen LogP contribution is 2.20. The van der Waals surface area contributed by atoms with Crippen molar-refractivity contribution in [3.63, 3.8) is 0 Å². The SMILES string of the molecule is COC(=O)c1ccc([C@H](C)NC(=O)c2cc(C(=O)O)n3c(N)nc(N)c3n2)cc1. The molecule has 0 radical (unpaired) electrons. The minimum Gasteiger partial charge on any atom is -0.477 e. The average Bonchev–Trinajstić information content (AvgIpc) is 3.00. The molecule has 0 aliphatic carbocycles. The number of rotatable bonds is 5. The number of amides is 1. The summed E-state index contributed by atoms with van der Waals surface area (Å²) in [6.07, 6.45) is 0. The van der Waals surface area contributed by atoms with E-state index >= 15 is 0 Å². The van der Waals surface area contributed by atoms with Gasteiger partial charge in [-0.1, -0.05) is 12.1 Å². The highest BCUT2D eigenvalue weighted by molar-refractivity contribution is 5.97. The van der Waals surface area contributed by atoms with Crippen molar-refractivity contribution < 1.29 is 24.2 Å². The second kappa shape index (κ2) is 7.46. The fraction of sp³-hybridized carbons (Fsp3) is 0.167. The summed E-state index contributed by atoms with van der Waals surface area (Å²) in [5.74, 6) is -2.63. The first-order valence-corrected chi connectivity index (χ1v) is 8.39. The Morgan fingerprint density at radius 1 is 1.17 bits per heavy atom. The monoisotopic (exact) mass is 398 g/mol. The fourth-order valence-electron chi connectivity index (χ4n) is 2.79. The molecule has 29 heavy (non-hydrogen) atoms. The summed E-state index contributed by atoms with van der Waals surface area (Å²) < 4.78 is 5.70. The molecule has 2 aromatic heterocycles. The van der Waals surface area contributed by atoms with E-state index in [0.717, 1.165) is 16.0 Å². The lowest BCUT2D eigenvalue weighted by atomic mass is 10.1. The van der Waals surface area contributed by atoms with Crippen LogP contribution in [0, 0.1) is 0 Å². The Balaban J connectivity index is 1.88. The van der Waals surface area contributed by atoms with E-state index in [4.69, 9.17) is 11.5 Å². The minimum absolute atomic E-state index is 0.0253. The number of nitrogen functional groups attached to an aromatic ring is 2. The maximum absolute atomic E-state index is 12.6. The second-order valence-corrected chi connectivity index (χ2v) is 6.15. The number of carboxylic acid groups (broad SMARTS) is 1. The molecule has 1 amide bonds. The number of hydrogen-bond acceptors (Lipinski definition) is 8. The zero-order valence-corrected chi connectivity index (χ0v) is 15.5. The summed E-state index contributed by atoms with van der Waals surface area (Å²) in [7, 11) is 1.29. The molecule has 6 N–H and O–H groups in total. The van der Waals surface area contributed by atoms with E-state index in [1.54, 1.807) is 31.2 Å². The number of esters is 1. The number of nitrogens with two attached hydrogens (primary N) is 2. The van der Waals surface area contributed by atoms with Crippen molar-refractivity contribution in [2.45, 2.75) is 13.0 Å². The number of nitrogens with zero attached hydrogens (tertiary/aromatic N) is 3. The van der Waals surface area contributed by atoms with Gasteiger partial charge in [0.2, 0.25) is 5.95 Å². The van der Waals surface area contributed by atoms with Gasteiger partial charge in [0, 0.05) is 6.07 Å². The number of carbonyl (C=O) groups is 3. The van der Waals surface area contributed by atoms with Gasteiger partial charge >= 0.3 is 11.9 Å². The van der Waals surface area contributed by atoms with Gasteiger partial charge < -0.3 is 26.6 Å². The van der Waals surface area contributed by atoms with Crippen LogP contribution in [0.5, 0.6) is 0 Å². The number of carbonyl (C=O) groups excluding carboxylic acids is 2. The molecule has 0 aliphatic heterocycles. The predicted octanol–water partition coefficient (Wildman–Crippen LogP) is 0.869. The number of hydrogen-bond donors (Lipinski definition) is 4. The molecule has 0 saturated carbocycles. The quantitative estimate of drug-likeness (QED) is 0.454. The van der Waals surface area contributed by atoms with Crippen molar-refractivity contribution in [3.8, 4) is 0 Å². The van der Waals surface area contributed by atoms with Gasteiger partial charge in [0.05, 0.1) is 18.7 Å². The molecule has 2 heterocycles. The molecule has 11 heteroatoms. The standard InChI is InChI=1S/C18H18N6O5/c1-8(9-3-5-10(6-4-9)17(28)29-2)21-15(25)11-7-12(16(26)27)24-14(22-11)13(19)23-18(24)20/h3-8H,19H2,1-2H3,(H2,20,23)(H,21,25)(H,26,27)/t8-/m0/s1. The first kappa shape index (κ1) is 19.6. The third kappa shape index (κ3) is 3.65. The van der Waals surface area contributed by atoms with E-state index in [1.165, 1.54) is 7.11 Å². The minimum atomic E-state index is -1.32. The molecule has 0 saturated heterocycles. The van der Waals surface area contributed by atoms with Crippen molar-refractivity contribution >= 4 is 35.3 Å². The predicted molar refractivity (Wildman–Crippen MR) is 102 cm³/mol. The van der Waals surface area contributed by atoms with Crippen LogP contribution < -0.4 is 16.8 Å². The van der Waals surface area contributed by atoms with Crippen LogP contribution in [0.15, 0.2) is 30.3 Å².